The summed E-state index contributed by atoms with van der Waals surface area (Å²) in [5, 5.41) is 6.18. The first-order valence-electron chi connectivity index (χ1n) is 9.39. The smallest absolute Gasteiger partial charge is 0.227 e. The van der Waals surface area contributed by atoms with Gasteiger partial charge in [-0.1, -0.05) is 13.0 Å². The molecule has 7 nitrogen and oxygen atoms in total. The number of pyridine rings is 1. The number of benzene rings is 1. The first kappa shape index (κ1) is 23.8. The maximum absolute atomic E-state index is 12.5. The van der Waals surface area contributed by atoms with Crippen LogP contribution in [-0.4, -0.2) is 35.5 Å². The van der Waals surface area contributed by atoms with Crippen LogP contribution >= 0.6 is 24.8 Å². The van der Waals surface area contributed by atoms with Gasteiger partial charge in [0.05, 0.1) is 12.8 Å². The van der Waals surface area contributed by atoms with Gasteiger partial charge in [-0.15, -0.1) is 24.8 Å². The fourth-order valence-corrected chi connectivity index (χ4v) is 3.21. The summed E-state index contributed by atoms with van der Waals surface area (Å²) >= 11 is 0. The van der Waals surface area contributed by atoms with Crippen LogP contribution < -0.4 is 20.1 Å². The number of carbonyl (C=O) groups excluding carboxylic acids is 1. The number of fused-ring (bicyclic) bond motifs is 1. The molecule has 0 bridgehead atoms. The molecule has 1 fully saturated rings. The normalized spacial score (nSPS) is 14.1. The van der Waals surface area contributed by atoms with Crippen LogP contribution in [0.15, 0.2) is 48.8 Å². The van der Waals surface area contributed by atoms with Gasteiger partial charge in [0.2, 0.25) is 5.91 Å². The molecule has 0 aliphatic carbocycles. The van der Waals surface area contributed by atoms with Gasteiger partial charge in [-0.3, -0.25) is 4.79 Å². The Hall–Kier alpha value is -2.48. The second kappa shape index (κ2) is 10.5. The Bertz CT molecular complexity index is 958. The van der Waals surface area contributed by atoms with Gasteiger partial charge in [-0.05, 0) is 43.3 Å². The van der Waals surface area contributed by atoms with Crippen molar-refractivity contribution in [1.82, 2.24) is 14.7 Å². The lowest BCUT2D eigenvalue weighted by atomic mass is 9.88. The van der Waals surface area contributed by atoms with Crippen molar-refractivity contribution in [2.45, 2.75) is 13.5 Å². The van der Waals surface area contributed by atoms with Crippen molar-refractivity contribution in [2.24, 2.45) is 11.8 Å². The molecular formula is C21H26Cl2N4O3. The first-order chi connectivity index (χ1) is 13.6. The van der Waals surface area contributed by atoms with Crippen LogP contribution in [0.4, 0.5) is 5.69 Å². The molecule has 0 spiro atoms. The van der Waals surface area contributed by atoms with Crippen LogP contribution in [0.25, 0.3) is 5.65 Å². The second-order valence-electron chi connectivity index (χ2n) is 7.05. The third kappa shape index (κ3) is 5.16. The van der Waals surface area contributed by atoms with Crippen molar-refractivity contribution in [1.29, 1.82) is 0 Å². The van der Waals surface area contributed by atoms with Crippen molar-refractivity contribution in [3.63, 3.8) is 0 Å². The summed E-state index contributed by atoms with van der Waals surface area (Å²) in [6, 6.07) is 11.2. The van der Waals surface area contributed by atoms with Crippen LogP contribution in [-0.2, 0) is 11.4 Å². The number of imidazole rings is 1. The minimum atomic E-state index is -0.0364. The summed E-state index contributed by atoms with van der Waals surface area (Å²) in [6.07, 6.45) is 3.88. The highest BCUT2D eigenvalue weighted by Crippen LogP contribution is 2.31. The molecule has 3 aromatic rings. The summed E-state index contributed by atoms with van der Waals surface area (Å²) in [5.74, 6) is 1.55. The summed E-state index contributed by atoms with van der Waals surface area (Å²) in [5.41, 5.74) is 2.37. The van der Waals surface area contributed by atoms with E-state index < -0.39 is 0 Å². The third-order valence-corrected chi connectivity index (χ3v) is 5.15. The molecule has 2 aromatic heterocycles. The van der Waals surface area contributed by atoms with Crippen LogP contribution in [0.3, 0.4) is 0 Å². The highest BCUT2D eigenvalue weighted by molar-refractivity contribution is 5.93. The predicted molar refractivity (Wildman–Crippen MR) is 121 cm³/mol. The summed E-state index contributed by atoms with van der Waals surface area (Å²) in [7, 11) is 1.59. The average Bonchev–Trinajstić information content (AvgIpc) is 3.08. The number of carbonyl (C=O) groups is 1. The highest BCUT2D eigenvalue weighted by atomic mass is 35.5. The van der Waals surface area contributed by atoms with E-state index in [9.17, 15) is 4.79 Å². The quantitative estimate of drug-likeness (QED) is 0.572. The third-order valence-electron chi connectivity index (χ3n) is 5.15. The Balaban J connectivity index is 0.00000160. The molecule has 1 aliphatic heterocycles. The van der Waals surface area contributed by atoms with Crippen LogP contribution in [0.1, 0.15) is 12.6 Å². The number of nitrogens with one attached hydrogen (secondary N) is 2. The molecule has 0 radical (unpaired) electrons. The minimum absolute atomic E-state index is 0. The molecule has 30 heavy (non-hydrogen) atoms. The molecular weight excluding hydrogens is 427 g/mol. The van der Waals surface area contributed by atoms with Crippen LogP contribution in [0, 0.1) is 11.8 Å². The zero-order valence-electron chi connectivity index (χ0n) is 16.8. The van der Waals surface area contributed by atoms with Crippen molar-refractivity contribution < 1.29 is 14.3 Å². The number of nitrogens with zero attached hydrogens (tertiary/aromatic N) is 2. The van der Waals surface area contributed by atoms with Gasteiger partial charge in [0, 0.05) is 30.1 Å². The van der Waals surface area contributed by atoms with Gasteiger partial charge in [0.1, 0.15) is 12.3 Å². The molecule has 4 rings (SSSR count). The number of hydrogen-bond acceptors (Lipinski definition) is 5. The molecule has 1 aromatic carbocycles. The number of methoxy groups -OCH3 is 1. The van der Waals surface area contributed by atoms with E-state index in [1.54, 1.807) is 19.2 Å². The van der Waals surface area contributed by atoms with Gasteiger partial charge in [0.25, 0.3) is 0 Å². The van der Waals surface area contributed by atoms with E-state index in [0.29, 0.717) is 29.7 Å². The standard InChI is InChI=1S/C21H24N4O3.2ClH/c1-14(15-10-22-11-15)21(26)24-16-6-7-18(27-2)19(9-16)28-13-17-12-25-8-4-3-5-20(25)23-17;;/h3-9,12,14-15,22H,10-11,13H2,1-2H3,(H,24,26);2*1H. The SMILES string of the molecule is COc1ccc(NC(=O)C(C)C2CNC2)cc1OCc1cn2ccccc2n1.Cl.Cl. The number of aromatic nitrogens is 2. The molecule has 2 N–H and O–H groups in total. The summed E-state index contributed by atoms with van der Waals surface area (Å²) in [4.78, 5) is 17.0. The summed E-state index contributed by atoms with van der Waals surface area (Å²) in [6.45, 7) is 4.06. The lowest BCUT2D eigenvalue weighted by Gasteiger charge is -2.31. The van der Waals surface area contributed by atoms with E-state index >= 15 is 0 Å². The van der Waals surface area contributed by atoms with E-state index in [0.717, 1.165) is 24.4 Å². The number of ether oxygens (including phenoxy) is 2. The van der Waals surface area contributed by atoms with E-state index in [1.807, 2.05) is 48.0 Å². The minimum Gasteiger partial charge on any atom is -0.493 e. The second-order valence-corrected chi connectivity index (χ2v) is 7.05. The number of anilines is 1. The van der Waals surface area contributed by atoms with Gasteiger partial charge in [0.15, 0.2) is 11.5 Å². The van der Waals surface area contributed by atoms with E-state index in [-0.39, 0.29) is 36.6 Å². The molecule has 1 atom stereocenters. The molecule has 0 saturated carbocycles. The van der Waals surface area contributed by atoms with Gasteiger partial charge >= 0.3 is 0 Å². The number of halogens is 2. The van der Waals surface area contributed by atoms with Crippen LogP contribution in [0.2, 0.25) is 0 Å². The van der Waals surface area contributed by atoms with E-state index in [1.165, 1.54) is 0 Å². The maximum Gasteiger partial charge on any atom is 0.227 e. The van der Waals surface area contributed by atoms with Crippen LogP contribution in [0.5, 0.6) is 11.5 Å². The molecule has 3 heterocycles. The molecule has 1 saturated heterocycles. The van der Waals surface area contributed by atoms with E-state index in [4.69, 9.17) is 9.47 Å². The van der Waals surface area contributed by atoms with Crippen molar-refractivity contribution >= 4 is 42.1 Å². The van der Waals surface area contributed by atoms with Crippen molar-refractivity contribution in [2.75, 3.05) is 25.5 Å². The van der Waals surface area contributed by atoms with Gasteiger partial charge in [-0.2, -0.15) is 0 Å². The number of amides is 1. The van der Waals surface area contributed by atoms with Gasteiger partial charge in [-0.25, -0.2) is 4.98 Å². The fraction of sp³-hybridized carbons (Fsp3) is 0.333. The molecule has 1 unspecified atom stereocenters. The Morgan fingerprint density at radius 2 is 2.07 bits per heavy atom. The monoisotopic (exact) mass is 452 g/mol. The number of hydrogen-bond donors (Lipinski definition) is 2. The number of rotatable bonds is 7. The Morgan fingerprint density at radius 3 is 2.73 bits per heavy atom. The molecule has 1 amide bonds. The maximum atomic E-state index is 12.5. The lowest BCUT2D eigenvalue weighted by Crippen LogP contribution is -2.48. The van der Waals surface area contributed by atoms with Crippen molar-refractivity contribution in [3.8, 4) is 11.5 Å². The zero-order chi connectivity index (χ0) is 19.5. The van der Waals surface area contributed by atoms with Gasteiger partial charge < -0.3 is 24.5 Å². The topological polar surface area (TPSA) is 76.9 Å². The van der Waals surface area contributed by atoms with E-state index in [2.05, 4.69) is 15.6 Å². The van der Waals surface area contributed by atoms with Crippen molar-refractivity contribution in [3.05, 3.63) is 54.5 Å². The highest BCUT2D eigenvalue weighted by Gasteiger charge is 2.28. The Morgan fingerprint density at radius 1 is 1.27 bits per heavy atom. The molecule has 162 valence electrons. The zero-order valence-corrected chi connectivity index (χ0v) is 18.5. The largest absolute Gasteiger partial charge is 0.493 e. The summed E-state index contributed by atoms with van der Waals surface area (Å²) < 4.78 is 13.3. The fourth-order valence-electron chi connectivity index (χ4n) is 3.21. The first-order valence-corrected chi connectivity index (χ1v) is 9.39. The molecule has 1 aliphatic rings. The predicted octanol–water partition coefficient (Wildman–Crippen LogP) is 3.56. The lowest BCUT2D eigenvalue weighted by molar-refractivity contribution is -0.121. The Kier molecular flexibility index (Phi) is 8.34. The molecule has 9 heteroatoms. The Labute approximate surface area is 188 Å². The average molecular weight is 453 g/mol.